The summed E-state index contributed by atoms with van der Waals surface area (Å²) >= 11 is 2.22. The van der Waals surface area contributed by atoms with E-state index in [-0.39, 0.29) is 0 Å². The third kappa shape index (κ3) is 3.56. The first-order chi connectivity index (χ1) is 8.79. The standard InChI is InChI=1S/C13H14IN3O/c1-18-11-4-2-10(3-5-11)6-7-16-13-12(14)8-15-9-17-13/h2-5,8-9H,6-7H2,1H3,(H,15,16,17). The number of benzene rings is 1. The molecule has 0 aliphatic heterocycles. The molecule has 0 amide bonds. The summed E-state index contributed by atoms with van der Waals surface area (Å²) in [5.74, 6) is 1.77. The molecule has 4 nitrogen and oxygen atoms in total. The number of halogens is 1. The molecule has 0 bridgehead atoms. The number of hydrogen-bond acceptors (Lipinski definition) is 4. The lowest BCUT2D eigenvalue weighted by atomic mass is 10.1. The molecule has 0 radical (unpaired) electrons. The van der Waals surface area contributed by atoms with Crippen molar-refractivity contribution in [1.82, 2.24) is 9.97 Å². The molecule has 2 aromatic rings. The molecule has 0 fully saturated rings. The topological polar surface area (TPSA) is 47.0 Å². The normalized spacial score (nSPS) is 10.1. The number of rotatable bonds is 5. The van der Waals surface area contributed by atoms with E-state index in [1.165, 1.54) is 5.56 Å². The van der Waals surface area contributed by atoms with E-state index in [1.807, 2.05) is 12.1 Å². The Morgan fingerprint density at radius 2 is 2.06 bits per heavy atom. The first kappa shape index (κ1) is 13.1. The van der Waals surface area contributed by atoms with E-state index in [9.17, 15) is 0 Å². The Morgan fingerprint density at radius 3 is 2.72 bits per heavy atom. The van der Waals surface area contributed by atoms with Crippen molar-refractivity contribution in [2.45, 2.75) is 6.42 Å². The summed E-state index contributed by atoms with van der Waals surface area (Å²) in [5.41, 5.74) is 1.27. The van der Waals surface area contributed by atoms with Gasteiger partial charge in [-0.3, -0.25) is 0 Å². The van der Waals surface area contributed by atoms with Crippen molar-refractivity contribution in [2.75, 3.05) is 19.0 Å². The van der Waals surface area contributed by atoms with Crippen molar-refractivity contribution in [3.8, 4) is 5.75 Å². The number of nitrogens with one attached hydrogen (secondary N) is 1. The maximum atomic E-state index is 5.13. The average molecular weight is 355 g/mol. The summed E-state index contributed by atoms with van der Waals surface area (Å²) in [6, 6.07) is 8.10. The van der Waals surface area contributed by atoms with Crippen LogP contribution in [-0.4, -0.2) is 23.6 Å². The Bertz CT molecular complexity index is 502. The summed E-state index contributed by atoms with van der Waals surface area (Å²) in [6.45, 7) is 0.847. The molecule has 1 aromatic carbocycles. The predicted molar refractivity (Wildman–Crippen MR) is 79.9 cm³/mol. The zero-order valence-electron chi connectivity index (χ0n) is 10.1. The molecule has 0 saturated heterocycles. The molecule has 0 aliphatic rings. The van der Waals surface area contributed by atoms with Crippen LogP contribution in [0.1, 0.15) is 5.56 Å². The van der Waals surface area contributed by atoms with Crippen molar-refractivity contribution in [3.05, 3.63) is 45.9 Å². The van der Waals surface area contributed by atoms with E-state index in [0.717, 1.165) is 28.1 Å². The van der Waals surface area contributed by atoms with Gasteiger partial charge in [0.15, 0.2) is 0 Å². The highest BCUT2D eigenvalue weighted by molar-refractivity contribution is 14.1. The summed E-state index contributed by atoms with van der Waals surface area (Å²) in [5, 5.41) is 3.30. The van der Waals surface area contributed by atoms with Gasteiger partial charge in [0.1, 0.15) is 17.9 Å². The third-order valence-corrected chi connectivity index (χ3v) is 3.32. The minimum Gasteiger partial charge on any atom is -0.497 e. The van der Waals surface area contributed by atoms with Crippen LogP contribution < -0.4 is 10.1 Å². The number of nitrogens with zero attached hydrogens (tertiary/aromatic N) is 2. The molecule has 1 aromatic heterocycles. The van der Waals surface area contributed by atoms with Crippen molar-refractivity contribution >= 4 is 28.4 Å². The van der Waals surface area contributed by atoms with E-state index in [1.54, 1.807) is 19.6 Å². The Kier molecular flexibility index (Phi) is 4.74. The number of anilines is 1. The number of ether oxygens (including phenoxy) is 1. The fourth-order valence-electron chi connectivity index (χ4n) is 1.56. The lowest BCUT2D eigenvalue weighted by molar-refractivity contribution is 0.414. The molecule has 1 heterocycles. The highest BCUT2D eigenvalue weighted by Crippen LogP contribution is 2.14. The van der Waals surface area contributed by atoms with Crippen molar-refractivity contribution < 1.29 is 4.74 Å². The second kappa shape index (κ2) is 6.53. The van der Waals surface area contributed by atoms with E-state index in [0.29, 0.717) is 0 Å². The van der Waals surface area contributed by atoms with Crippen LogP contribution in [0, 0.1) is 3.57 Å². The molecule has 0 saturated carbocycles. The fraction of sp³-hybridized carbons (Fsp3) is 0.231. The highest BCUT2D eigenvalue weighted by atomic mass is 127. The first-order valence-electron chi connectivity index (χ1n) is 5.62. The Hall–Kier alpha value is -1.37. The summed E-state index contributed by atoms with van der Waals surface area (Å²) < 4.78 is 6.16. The van der Waals surface area contributed by atoms with Crippen molar-refractivity contribution in [1.29, 1.82) is 0 Å². The lowest BCUT2D eigenvalue weighted by Crippen LogP contribution is -2.07. The Balaban J connectivity index is 1.86. The number of aromatic nitrogens is 2. The van der Waals surface area contributed by atoms with E-state index < -0.39 is 0 Å². The number of methoxy groups -OCH3 is 1. The monoisotopic (exact) mass is 355 g/mol. The molecule has 0 unspecified atom stereocenters. The van der Waals surface area contributed by atoms with Crippen LogP contribution >= 0.6 is 22.6 Å². The molecule has 0 atom stereocenters. The van der Waals surface area contributed by atoms with Gasteiger partial charge in [0.25, 0.3) is 0 Å². The first-order valence-corrected chi connectivity index (χ1v) is 6.70. The second-order valence-electron chi connectivity index (χ2n) is 3.74. The average Bonchev–Trinajstić information content (AvgIpc) is 2.42. The molecule has 2 rings (SSSR count). The van der Waals surface area contributed by atoms with Gasteiger partial charge in [-0.15, -0.1) is 0 Å². The summed E-state index contributed by atoms with van der Waals surface area (Å²) in [7, 11) is 1.67. The van der Waals surface area contributed by atoms with Gasteiger partial charge in [-0.05, 0) is 46.7 Å². The molecular formula is C13H14IN3O. The molecule has 0 spiro atoms. The maximum absolute atomic E-state index is 5.13. The van der Waals surface area contributed by atoms with Gasteiger partial charge in [-0.1, -0.05) is 12.1 Å². The van der Waals surface area contributed by atoms with Crippen LogP contribution in [0.3, 0.4) is 0 Å². The molecule has 1 N–H and O–H groups in total. The third-order valence-electron chi connectivity index (χ3n) is 2.53. The van der Waals surface area contributed by atoms with Gasteiger partial charge in [0.05, 0.1) is 10.7 Å². The van der Waals surface area contributed by atoms with Gasteiger partial charge < -0.3 is 10.1 Å². The van der Waals surface area contributed by atoms with Crippen LogP contribution in [0.15, 0.2) is 36.8 Å². The predicted octanol–water partition coefficient (Wildman–Crippen LogP) is 2.74. The van der Waals surface area contributed by atoms with E-state index >= 15 is 0 Å². The largest absolute Gasteiger partial charge is 0.497 e. The van der Waals surface area contributed by atoms with Crippen molar-refractivity contribution in [3.63, 3.8) is 0 Å². The molecule has 0 aliphatic carbocycles. The quantitative estimate of drug-likeness (QED) is 0.838. The van der Waals surface area contributed by atoms with Gasteiger partial charge >= 0.3 is 0 Å². The van der Waals surface area contributed by atoms with Crippen LogP contribution in [-0.2, 0) is 6.42 Å². The smallest absolute Gasteiger partial charge is 0.142 e. The Labute approximate surface area is 120 Å². The van der Waals surface area contributed by atoms with Crippen LogP contribution in [0.25, 0.3) is 0 Å². The molecule has 5 heteroatoms. The van der Waals surface area contributed by atoms with Crippen LogP contribution in [0.4, 0.5) is 5.82 Å². The van der Waals surface area contributed by atoms with Gasteiger partial charge in [0.2, 0.25) is 0 Å². The van der Waals surface area contributed by atoms with E-state index in [4.69, 9.17) is 4.74 Å². The van der Waals surface area contributed by atoms with Crippen molar-refractivity contribution in [2.24, 2.45) is 0 Å². The molecular weight excluding hydrogens is 341 g/mol. The van der Waals surface area contributed by atoms with Gasteiger partial charge in [0, 0.05) is 12.7 Å². The zero-order chi connectivity index (χ0) is 12.8. The van der Waals surface area contributed by atoms with Gasteiger partial charge in [-0.2, -0.15) is 0 Å². The minimum absolute atomic E-state index is 0.847. The fourth-order valence-corrected chi connectivity index (χ4v) is 2.05. The van der Waals surface area contributed by atoms with Crippen LogP contribution in [0.2, 0.25) is 0 Å². The Morgan fingerprint density at radius 1 is 1.28 bits per heavy atom. The molecule has 94 valence electrons. The van der Waals surface area contributed by atoms with E-state index in [2.05, 4.69) is 50.0 Å². The zero-order valence-corrected chi connectivity index (χ0v) is 12.2. The highest BCUT2D eigenvalue weighted by Gasteiger charge is 2.00. The minimum atomic E-state index is 0.847. The second-order valence-corrected chi connectivity index (χ2v) is 4.91. The summed E-state index contributed by atoms with van der Waals surface area (Å²) in [4.78, 5) is 8.14. The van der Waals surface area contributed by atoms with Gasteiger partial charge in [-0.25, -0.2) is 9.97 Å². The maximum Gasteiger partial charge on any atom is 0.142 e. The lowest BCUT2D eigenvalue weighted by Gasteiger charge is -2.07. The summed E-state index contributed by atoms with van der Waals surface area (Å²) in [6.07, 6.45) is 4.30. The SMILES string of the molecule is COc1ccc(CCNc2ncncc2I)cc1. The van der Waals surface area contributed by atoms with Crippen LogP contribution in [0.5, 0.6) is 5.75 Å². The molecule has 18 heavy (non-hydrogen) atoms. The number of hydrogen-bond donors (Lipinski definition) is 1.